The molecule has 0 atom stereocenters. The van der Waals surface area contributed by atoms with Crippen LogP contribution < -0.4 is 16.6 Å². The summed E-state index contributed by atoms with van der Waals surface area (Å²) in [6.45, 7) is -0.309. The largest absolute Gasteiger partial charge is 0.332 e. The molecule has 29 heavy (non-hydrogen) atoms. The first-order valence-electron chi connectivity index (χ1n) is 8.70. The summed E-state index contributed by atoms with van der Waals surface area (Å²) < 4.78 is 16.0. The van der Waals surface area contributed by atoms with E-state index in [9.17, 15) is 18.8 Å². The molecule has 146 valence electrons. The van der Waals surface area contributed by atoms with Gasteiger partial charge in [-0.1, -0.05) is 18.2 Å². The highest BCUT2D eigenvalue weighted by Crippen LogP contribution is 2.13. The first-order chi connectivity index (χ1) is 14.0. The zero-order valence-corrected chi connectivity index (χ0v) is 15.9. The predicted octanol–water partition coefficient (Wildman–Crippen LogP) is 2.45. The highest BCUT2D eigenvalue weighted by molar-refractivity contribution is 7.09. The number of aromatic nitrogens is 3. The molecule has 0 radical (unpaired) electrons. The van der Waals surface area contributed by atoms with Crippen molar-refractivity contribution in [2.75, 3.05) is 5.32 Å². The van der Waals surface area contributed by atoms with Crippen molar-refractivity contribution in [1.29, 1.82) is 0 Å². The van der Waals surface area contributed by atoms with Gasteiger partial charge < -0.3 is 5.32 Å². The average molecular weight is 410 g/mol. The topological polar surface area (TPSA) is 86.0 Å². The van der Waals surface area contributed by atoms with E-state index in [2.05, 4.69) is 10.3 Å². The minimum atomic E-state index is -0.632. The van der Waals surface area contributed by atoms with Crippen LogP contribution in [0.25, 0.3) is 11.0 Å². The van der Waals surface area contributed by atoms with Crippen LogP contribution in [0.1, 0.15) is 4.88 Å². The third-order valence-corrected chi connectivity index (χ3v) is 5.19. The molecule has 3 aromatic heterocycles. The fourth-order valence-corrected chi connectivity index (χ4v) is 3.68. The third kappa shape index (κ3) is 3.72. The lowest BCUT2D eigenvalue weighted by Crippen LogP contribution is -2.42. The van der Waals surface area contributed by atoms with Crippen LogP contribution in [0.15, 0.2) is 69.7 Å². The van der Waals surface area contributed by atoms with Gasteiger partial charge in [-0.15, -0.1) is 11.3 Å². The van der Waals surface area contributed by atoms with Crippen LogP contribution in [0, 0.1) is 5.82 Å². The SMILES string of the molecule is O=C(Cn1c(=O)n(Cc2cccs2)c(=O)c2ncccc21)Nc1ccccc1F. The second-order valence-electron chi connectivity index (χ2n) is 6.24. The summed E-state index contributed by atoms with van der Waals surface area (Å²) in [5, 5.41) is 4.30. The van der Waals surface area contributed by atoms with Gasteiger partial charge in [0, 0.05) is 11.1 Å². The average Bonchev–Trinajstić information content (AvgIpc) is 3.23. The lowest BCUT2D eigenvalue weighted by Gasteiger charge is -2.13. The number of carbonyl (C=O) groups excluding carboxylic acids is 1. The molecule has 4 aromatic rings. The van der Waals surface area contributed by atoms with Crippen LogP contribution in [-0.2, 0) is 17.9 Å². The number of para-hydroxylation sites is 1. The summed E-state index contributed by atoms with van der Waals surface area (Å²) in [5.74, 6) is -1.17. The zero-order valence-electron chi connectivity index (χ0n) is 15.0. The van der Waals surface area contributed by atoms with E-state index in [1.807, 2.05) is 17.5 Å². The van der Waals surface area contributed by atoms with E-state index in [1.165, 1.54) is 40.3 Å². The van der Waals surface area contributed by atoms with Gasteiger partial charge in [0.25, 0.3) is 5.56 Å². The number of thiophene rings is 1. The number of fused-ring (bicyclic) bond motifs is 1. The number of amides is 1. The molecule has 1 N–H and O–H groups in total. The van der Waals surface area contributed by atoms with E-state index in [0.29, 0.717) is 0 Å². The summed E-state index contributed by atoms with van der Waals surface area (Å²) in [6, 6.07) is 12.5. The van der Waals surface area contributed by atoms with Crippen LogP contribution in [0.5, 0.6) is 0 Å². The van der Waals surface area contributed by atoms with Crippen molar-refractivity contribution in [2.24, 2.45) is 0 Å². The zero-order chi connectivity index (χ0) is 20.4. The first kappa shape index (κ1) is 18.8. The molecule has 0 unspecified atom stereocenters. The summed E-state index contributed by atoms with van der Waals surface area (Å²) in [6.07, 6.45) is 1.45. The number of pyridine rings is 1. The minimum absolute atomic E-state index is 0.0138. The molecule has 0 saturated carbocycles. The molecule has 0 aliphatic rings. The van der Waals surface area contributed by atoms with Gasteiger partial charge in [-0.2, -0.15) is 0 Å². The Morgan fingerprint density at radius 2 is 1.90 bits per heavy atom. The lowest BCUT2D eigenvalue weighted by atomic mass is 10.3. The molecule has 1 amide bonds. The molecule has 0 aliphatic heterocycles. The highest BCUT2D eigenvalue weighted by Gasteiger charge is 2.17. The maximum absolute atomic E-state index is 13.8. The second kappa shape index (κ2) is 7.80. The van der Waals surface area contributed by atoms with Crippen molar-refractivity contribution >= 4 is 34.0 Å². The van der Waals surface area contributed by atoms with Gasteiger partial charge in [-0.3, -0.25) is 18.7 Å². The maximum atomic E-state index is 13.8. The number of nitrogens with one attached hydrogen (secondary N) is 1. The number of halogens is 1. The molecule has 0 fully saturated rings. The van der Waals surface area contributed by atoms with Gasteiger partial charge in [0.2, 0.25) is 5.91 Å². The standard InChI is InChI=1S/C20H15FN4O3S/c21-14-6-1-2-7-15(14)23-17(26)12-24-16-8-3-9-22-18(16)19(27)25(20(24)28)11-13-5-4-10-29-13/h1-10H,11-12H2,(H,23,26). The number of nitrogens with zero attached hydrogens (tertiary/aromatic N) is 3. The van der Waals surface area contributed by atoms with E-state index in [1.54, 1.807) is 18.2 Å². The summed E-state index contributed by atoms with van der Waals surface area (Å²) in [7, 11) is 0. The minimum Gasteiger partial charge on any atom is -0.322 e. The van der Waals surface area contributed by atoms with Crippen molar-refractivity contribution in [3.8, 4) is 0 Å². The number of anilines is 1. The molecular weight excluding hydrogens is 395 g/mol. The number of benzene rings is 1. The molecule has 4 rings (SSSR count). The Morgan fingerprint density at radius 3 is 2.66 bits per heavy atom. The molecule has 7 nitrogen and oxygen atoms in total. The Hall–Kier alpha value is -3.59. The molecule has 0 bridgehead atoms. The van der Waals surface area contributed by atoms with Gasteiger partial charge in [0.05, 0.1) is 17.7 Å². The Balaban J connectivity index is 1.77. The first-order valence-corrected chi connectivity index (χ1v) is 9.57. The highest BCUT2D eigenvalue weighted by atomic mass is 32.1. The Bertz CT molecular complexity index is 1310. The van der Waals surface area contributed by atoms with Gasteiger partial charge in [0.1, 0.15) is 12.4 Å². The Labute approximate surface area is 167 Å². The van der Waals surface area contributed by atoms with Crippen LogP contribution >= 0.6 is 11.3 Å². The Morgan fingerprint density at radius 1 is 1.07 bits per heavy atom. The van der Waals surface area contributed by atoms with Gasteiger partial charge in [-0.25, -0.2) is 14.2 Å². The van der Waals surface area contributed by atoms with Crippen molar-refractivity contribution < 1.29 is 9.18 Å². The van der Waals surface area contributed by atoms with E-state index in [-0.39, 0.29) is 29.8 Å². The van der Waals surface area contributed by atoms with Crippen molar-refractivity contribution in [1.82, 2.24) is 14.1 Å². The molecular formula is C20H15FN4O3S. The molecule has 1 aromatic carbocycles. The molecule has 0 saturated heterocycles. The monoisotopic (exact) mass is 410 g/mol. The van der Waals surface area contributed by atoms with Crippen LogP contribution in [-0.4, -0.2) is 20.0 Å². The van der Waals surface area contributed by atoms with Crippen molar-refractivity contribution in [2.45, 2.75) is 13.1 Å². The predicted molar refractivity (Wildman–Crippen MR) is 109 cm³/mol. The summed E-state index contributed by atoms with van der Waals surface area (Å²) in [5.41, 5.74) is -0.812. The van der Waals surface area contributed by atoms with E-state index >= 15 is 0 Å². The summed E-state index contributed by atoms with van der Waals surface area (Å²) in [4.78, 5) is 43.2. The van der Waals surface area contributed by atoms with E-state index in [4.69, 9.17) is 0 Å². The van der Waals surface area contributed by atoms with E-state index < -0.39 is 23.0 Å². The molecule has 0 spiro atoms. The number of rotatable bonds is 5. The number of hydrogen-bond acceptors (Lipinski definition) is 5. The number of carbonyl (C=O) groups is 1. The quantitative estimate of drug-likeness (QED) is 0.548. The maximum Gasteiger partial charge on any atom is 0.332 e. The number of hydrogen-bond donors (Lipinski definition) is 1. The van der Waals surface area contributed by atoms with Crippen molar-refractivity contribution in [3.63, 3.8) is 0 Å². The van der Waals surface area contributed by atoms with Gasteiger partial charge in [-0.05, 0) is 35.7 Å². The molecule has 3 heterocycles. The molecule has 9 heteroatoms. The van der Waals surface area contributed by atoms with Crippen molar-refractivity contribution in [3.05, 3.63) is 91.6 Å². The fourth-order valence-electron chi connectivity index (χ4n) is 2.99. The van der Waals surface area contributed by atoms with Crippen LogP contribution in [0.4, 0.5) is 10.1 Å². The van der Waals surface area contributed by atoms with Crippen LogP contribution in [0.2, 0.25) is 0 Å². The van der Waals surface area contributed by atoms with Crippen LogP contribution in [0.3, 0.4) is 0 Å². The lowest BCUT2D eigenvalue weighted by molar-refractivity contribution is -0.116. The smallest absolute Gasteiger partial charge is 0.322 e. The molecule has 0 aliphatic carbocycles. The normalized spacial score (nSPS) is 10.9. The third-order valence-electron chi connectivity index (χ3n) is 4.33. The van der Waals surface area contributed by atoms with Gasteiger partial charge >= 0.3 is 5.69 Å². The second-order valence-corrected chi connectivity index (χ2v) is 7.27. The fraction of sp³-hybridized carbons (Fsp3) is 0.100. The summed E-state index contributed by atoms with van der Waals surface area (Å²) >= 11 is 1.41. The Kier molecular flexibility index (Phi) is 5.05. The van der Waals surface area contributed by atoms with E-state index in [0.717, 1.165) is 9.44 Å². The van der Waals surface area contributed by atoms with Gasteiger partial charge in [0.15, 0.2) is 5.52 Å².